The molecule has 0 amide bonds. The highest BCUT2D eigenvalue weighted by Crippen LogP contribution is 2.33. The molecule has 0 radical (unpaired) electrons. The van der Waals surface area contributed by atoms with Crippen LogP contribution in [0.5, 0.6) is 0 Å². The molecule has 0 fully saturated rings. The van der Waals surface area contributed by atoms with Crippen LogP contribution >= 0.6 is 0 Å². The third kappa shape index (κ3) is 7.55. The topological polar surface area (TPSA) is 24.7 Å². The van der Waals surface area contributed by atoms with E-state index < -0.39 is 5.60 Å². The number of hydrogen-bond acceptors (Lipinski definition) is 1. The SMILES string of the molecule is CCCC[NH+](CCCC)CCCC(O)(c1ccccc1)c1ccccc1.[I-]. The number of halogens is 1. The standard InChI is InChI=1S/C24H35NO.HI/c1-3-5-19-25(20-6-4-2)21-13-18-24(26,22-14-9-7-10-15-22)23-16-11-8-12-17-23;/h7-12,14-17,26H,3-6,13,18-21H2,1-2H3;1H. The Morgan fingerprint density at radius 3 is 1.52 bits per heavy atom. The normalized spacial score (nSPS) is 11.4. The molecule has 2 aromatic carbocycles. The predicted octanol–water partition coefficient (Wildman–Crippen LogP) is 1.19. The van der Waals surface area contributed by atoms with Crippen LogP contribution in [0.3, 0.4) is 0 Å². The van der Waals surface area contributed by atoms with E-state index in [2.05, 4.69) is 13.8 Å². The molecule has 0 atom stereocenters. The van der Waals surface area contributed by atoms with Gasteiger partial charge in [0, 0.05) is 0 Å². The minimum Gasteiger partial charge on any atom is -1.00 e. The van der Waals surface area contributed by atoms with Crippen molar-refractivity contribution in [2.75, 3.05) is 19.6 Å². The largest absolute Gasteiger partial charge is 1.00 e. The molecule has 27 heavy (non-hydrogen) atoms. The van der Waals surface area contributed by atoms with Gasteiger partial charge in [0.05, 0.1) is 19.6 Å². The van der Waals surface area contributed by atoms with Crippen molar-refractivity contribution < 1.29 is 34.0 Å². The molecule has 0 spiro atoms. The van der Waals surface area contributed by atoms with Gasteiger partial charge in [-0.05, 0) is 36.8 Å². The Balaban J connectivity index is 0.00000364. The lowest BCUT2D eigenvalue weighted by Gasteiger charge is -2.30. The Bertz CT molecular complexity index is 555. The van der Waals surface area contributed by atoms with Crippen LogP contribution in [-0.2, 0) is 5.60 Å². The highest BCUT2D eigenvalue weighted by atomic mass is 127. The van der Waals surface area contributed by atoms with E-state index in [1.54, 1.807) is 4.90 Å². The second kappa shape index (κ2) is 13.3. The van der Waals surface area contributed by atoms with Crippen molar-refractivity contribution in [2.24, 2.45) is 0 Å². The van der Waals surface area contributed by atoms with Gasteiger partial charge in [-0.25, -0.2) is 0 Å². The summed E-state index contributed by atoms with van der Waals surface area (Å²) in [5.41, 5.74) is 1.09. The van der Waals surface area contributed by atoms with E-state index in [1.165, 1.54) is 38.8 Å². The molecule has 3 heteroatoms. The van der Waals surface area contributed by atoms with Crippen LogP contribution in [0.1, 0.15) is 63.5 Å². The van der Waals surface area contributed by atoms with Crippen LogP contribution < -0.4 is 28.9 Å². The Labute approximate surface area is 183 Å². The van der Waals surface area contributed by atoms with Crippen molar-refractivity contribution in [3.8, 4) is 0 Å². The van der Waals surface area contributed by atoms with E-state index in [-0.39, 0.29) is 24.0 Å². The minimum atomic E-state index is -0.900. The predicted molar refractivity (Wildman–Crippen MR) is 110 cm³/mol. The first-order chi connectivity index (χ1) is 12.7. The Morgan fingerprint density at radius 1 is 0.704 bits per heavy atom. The number of unbranched alkanes of at least 4 members (excludes halogenated alkanes) is 2. The molecule has 0 aliphatic rings. The summed E-state index contributed by atoms with van der Waals surface area (Å²) in [4.78, 5) is 1.69. The molecule has 150 valence electrons. The first-order valence-corrected chi connectivity index (χ1v) is 10.4. The maximum atomic E-state index is 11.6. The van der Waals surface area contributed by atoms with Gasteiger partial charge >= 0.3 is 0 Å². The van der Waals surface area contributed by atoms with Gasteiger partial charge in [0.2, 0.25) is 0 Å². The fourth-order valence-electron chi connectivity index (χ4n) is 3.71. The van der Waals surface area contributed by atoms with Gasteiger partial charge in [0.1, 0.15) is 5.60 Å². The molecular weight excluding hydrogens is 445 g/mol. The lowest BCUT2D eigenvalue weighted by Crippen LogP contribution is -3.12. The zero-order valence-corrected chi connectivity index (χ0v) is 19.1. The molecule has 2 aromatic rings. The molecule has 0 heterocycles. The number of hydrogen-bond donors (Lipinski definition) is 2. The minimum absolute atomic E-state index is 0. The molecule has 2 nitrogen and oxygen atoms in total. The average molecular weight is 481 g/mol. The third-order valence-electron chi connectivity index (χ3n) is 5.34. The molecule has 0 bridgehead atoms. The molecular formula is C24H36INO. The van der Waals surface area contributed by atoms with Crippen molar-refractivity contribution in [3.05, 3.63) is 71.8 Å². The van der Waals surface area contributed by atoms with Crippen LogP contribution in [0.15, 0.2) is 60.7 Å². The van der Waals surface area contributed by atoms with Crippen LogP contribution in [0.25, 0.3) is 0 Å². The fourth-order valence-corrected chi connectivity index (χ4v) is 3.71. The van der Waals surface area contributed by atoms with E-state index in [9.17, 15) is 5.11 Å². The number of nitrogens with one attached hydrogen (secondary N) is 1. The number of aliphatic hydroxyl groups is 1. The Hall–Kier alpha value is -0.910. The first kappa shape index (κ1) is 24.1. The quantitative estimate of drug-likeness (QED) is 0.438. The summed E-state index contributed by atoms with van der Waals surface area (Å²) < 4.78 is 0. The third-order valence-corrected chi connectivity index (χ3v) is 5.34. The van der Waals surface area contributed by atoms with Crippen molar-refractivity contribution >= 4 is 0 Å². The highest BCUT2D eigenvalue weighted by Gasteiger charge is 2.31. The highest BCUT2D eigenvalue weighted by molar-refractivity contribution is 5.35. The number of benzene rings is 2. The van der Waals surface area contributed by atoms with Gasteiger partial charge in [-0.2, -0.15) is 0 Å². The molecule has 0 aliphatic heterocycles. The van der Waals surface area contributed by atoms with Gasteiger partial charge < -0.3 is 34.0 Å². The molecule has 2 rings (SSSR count). The summed E-state index contributed by atoms with van der Waals surface area (Å²) in [5.74, 6) is 0. The zero-order chi connectivity index (χ0) is 18.7. The molecule has 0 aromatic heterocycles. The van der Waals surface area contributed by atoms with E-state index in [1.807, 2.05) is 60.7 Å². The van der Waals surface area contributed by atoms with Crippen molar-refractivity contribution in [1.29, 1.82) is 0 Å². The van der Waals surface area contributed by atoms with Gasteiger partial charge in [0.25, 0.3) is 0 Å². The summed E-state index contributed by atoms with van der Waals surface area (Å²) in [6, 6.07) is 20.3. The lowest BCUT2D eigenvalue weighted by atomic mass is 9.82. The average Bonchev–Trinajstić information content (AvgIpc) is 2.70. The summed E-state index contributed by atoms with van der Waals surface area (Å²) in [7, 11) is 0. The number of rotatable bonds is 12. The molecule has 0 unspecified atom stereocenters. The van der Waals surface area contributed by atoms with Crippen molar-refractivity contribution in [1.82, 2.24) is 0 Å². The Morgan fingerprint density at radius 2 is 1.11 bits per heavy atom. The van der Waals surface area contributed by atoms with E-state index >= 15 is 0 Å². The van der Waals surface area contributed by atoms with Crippen LogP contribution in [-0.4, -0.2) is 24.7 Å². The smallest absolute Gasteiger partial charge is 0.115 e. The van der Waals surface area contributed by atoms with Gasteiger partial charge in [0.15, 0.2) is 0 Å². The first-order valence-electron chi connectivity index (χ1n) is 10.4. The summed E-state index contributed by atoms with van der Waals surface area (Å²) >= 11 is 0. The summed E-state index contributed by atoms with van der Waals surface area (Å²) in [6.45, 7) is 8.18. The fraction of sp³-hybridized carbons (Fsp3) is 0.500. The second-order valence-corrected chi connectivity index (χ2v) is 7.40. The molecule has 0 saturated carbocycles. The van der Waals surface area contributed by atoms with Crippen molar-refractivity contribution in [3.63, 3.8) is 0 Å². The zero-order valence-electron chi connectivity index (χ0n) is 17.0. The van der Waals surface area contributed by atoms with Gasteiger partial charge in [-0.1, -0.05) is 87.4 Å². The molecule has 0 aliphatic carbocycles. The Kier molecular flexibility index (Phi) is 11.9. The lowest BCUT2D eigenvalue weighted by molar-refractivity contribution is -0.900. The van der Waals surface area contributed by atoms with E-state index in [0.29, 0.717) is 0 Å². The molecule has 2 N–H and O–H groups in total. The van der Waals surface area contributed by atoms with E-state index in [4.69, 9.17) is 0 Å². The maximum absolute atomic E-state index is 11.6. The second-order valence-electron chi connectivity index (χ2n) is 7.40. The van der Waals surface area contributed by atoms with Crippen LogP contribution in [0.2, 0.25) is 0 Å². The van der Waals surface area contributed by atoms with Crippen LogP contribution in [0.4, 0.5) is 0 Å². The number of quaternary nitrogens is 1. The van der Waals surface area contributed by atoms with Crippen LogP contribution in [0, 0.1) is 0 Å². The monoisotopic (exact) mass is 481 g/mol. The summed E-state index contributed by atoms with van der Waals surface area (Å²) in [6.07, 6.45) is 6.90. The maximum Gasteiger partial charge on any atom is 0.115 e. The van der Waals surface area contributed by atoms with Gasteiger partial charge in [-0.15, -0.1) is 0 Å². The van der Waals surface area contributed by atoms with Gasteiger partial charge in [-0.3, -0.25) is 0 Å². The molecule has 0 saturated heterocycles. The van der Waals surface area contributed by atoms with E-state index in [0.717, 1.165) is 30.5 Å². The van der Waals surface area contributed by atoms with Crippen molar-refractivity contribution in [2.45, 2.75) is 58.0 Å². The summed E-state index contributed by atoms with van der Waals surface area (Å²) in [5, 5.41) is 11.6.